The van der Waals surface area contributed by atoms with E-state index in [1.807, 2.05) is 12.1 Å². The quantitative estimate of drug-likeness (QED) is 0.530. The SMILES string of the molecule is CC(C)c1ccc(OCC(=O)NNC(=O)COc2ccc([N+](=O)[O-])cc2)cc1. The van der Waals surface area contributed by atoms with Gasteiger partial charge in [0.15, 0.2) is 13.2 Å². The molecule has 2 aromatic carbocycles. The van der Waals surface area contributed by atoms with Crippen LogP contribution >= 0.6 is 0 Å². The smallest absolute Gasteiger partial charge is 0.276 e. The predicted molar refractivity (Wildman–Crippen MR) is 101 cm³/mol. The van der Waals surface area contributed by atoms with Crippen molar-refractivity contribution in [2.45, 2.75) is 19.8 Å². The van der Waals surface area contributed by atoms with Gasteiger partial charge < -0.3 is 9.47 Å². The molecule has 9 heteroatoms. The number of carbonyl (C=O) groups excluding carboxylic acids is 2. The second-order valence-corrected chi connectivity index (χ2v) is 6.15. The van der Waals surface area contributed by atoms with Crippen molar-refractivity contribution in [3.05, 3.63) is 64.2 Å². The molecule has 0 bridgehead atoms. The molecule has 2 aromatic rings. The minimum atomic E-state index is -0.590. The number of nitrogens with zero attached hydrogens (tertiary/aromatic N) is 1. The summed E-state index contributed by atoms with van der Waals surface area (Å²) in [5, 5.41) is 10.6. The Morgan fingerprint density at radius 1 is 0.893 bits per heavy atom. The number of hydrazine groups is 1. The van der Waals surface area contributed by atoms with Gasteiger partial charge in [0.2, 0.25) is 0 Å². The number of amides is 2. The van der Waals surface area contributed by atoms with Crippen LogP contribution < -0.4 is 20.3 Å². The van der Waals surface area contributed by atoms with Gasteiger partial charge in [-0.15, -0.1) is 0 Å². The first-order valence-electron chi connectivity index (χ1n) is 8.53. The number of nitrogens with one attached hydrogen (secondary N) is 2. The van der Waals surface area contributed by atoms with E-state index in [1.54, 1.807) is 12.1 Å². The minimum Gasteiger partial charge on any atom is -0.484 e. The summed E-state index contributed by atoms with van der Waals surface area (Å²) in [5.41, 5.74) is 5.48. The van der Waals surface area contributed by atoms with Crippen LogP contribution in [0.15, 0.2) is 48.5 Å². The Morgan fingerprint density at radius 3 is 1.71 bits per heavy atom. The van der Waals surface area contributed by atoms with Gasteiger partial charge in [-0.1, -0.05) is 26.0 Å². The number of carbonyl (C=O) groups is 2. The highest BCUT2D eigenvalue weighted by Gasteiger charge is 2.08. The molecule has 0 aliphatic carbocycles. The van der Waals surface area contributed by atoms with Gasteiger partial charge in [-0.3, -0.25) is 30.6 Å². The van der Waals surface area contributed by atoms with Gasteiger partial charge in [-0.25, -0.2) is 0 Å². The van der Waals surface area contributed by atoms with E-state index in [4.69, 9.17) is 9.47 Å². The highest BCUT2D eigenvalue weighted by Crippen LogP contribution is 2.18. The largest absolute Gasteiger partial charge is 0.484 e. The fraction of sp³-hybridized carbons (Fsp3) is 0.263. The molecule has 0 aliphatic heterocycles. The third-order valence-electron chi connectivity index (χ3n) is 3.68. The summed E-state index contributed by atoms with van der Waals surface area (Å²) < 4.78 is 10.5. The van der Waals surface area contributed by atoms with Gasteiger partial charge in [0.05, 0.1) is 4.92 Å². The second-order valence-electron chi connectivity index (χ2n) is 6.15. The van der Waals surface area contributed by atoms with E-state index in [0.29, 0.717) is 17.4 Å². The zero-order chi connectivity index (χ0) is 20.5. The fourth-order valence-corrected chi connectivity index (χ4v) is 2.12. The topological polar surface area (TPSA) is 120 Å². The Labute approximate surface area is 161 Å². The van der Waals surface area contributed by atoms with Gasteiger partial charge in [-0.05, 0) is 35.7 Å². The molecular formula is C19H21N3O6. The number of hydrogen-bond donors (Lipinski definition) is 2. The molecule has 0 atom stereocenters. The summed E-state index contributed by atoms with van der Waals surface area (Å²) in [5.74, 6) is 0.123. The summed E-state index contributed by atoms with van der Waals surface area (Å²) in [6.45, 7) is 3.54. The predicted octanol–water partition coefficient (Wildman–Crippen LogP) is 2.32. The maximum absolute atomic E-state index is 11.7. The molecule has 2 rings (SSSR count). The molecule has 28 heavy (non-hydrogen) atoms. The summed E-state index contributed by atoms with van der Waals surface area (Å²) in [7, 11) is 0. The number of benzene rings is 2. The summed E-state index contributed by atoms with van der Waals surface area (Å²) in [6.07, 6.45) is 0. The van der Waals surface area contributed by atoms with E-state index in [2.05, 4.69) is 24.7 Å². The lowest BCUT2D eigenvalue weighted by molar-refractivity contribution is -0.384. The lowest BCUT2D eigenvalue weighted by Crippen LogP contribution is -2.45. The molecule has 2 amide bonds. The highest BCUT2D eigenvalue weighted by atomic mass is 16.6. The fourth-order valence-electron chi connectivity index (χ4n) is 2.12. The van der Waals surface area contributed by atoms with E-state index in [1.165, 1.54) is 24.3 Å². The van der Waals surface area contributed by atoms with E-state index < -0.39 is 16.7 Å². The molecule has 0 fully saturated rings. The van der Waals surface area contributed by atoms with Crippen molar-refractivity contribution in [2.75, 3.05) is 13.2 Å². The normalized spacial score (nSPS) is 10.2. The minimum absolute atomic E-state index is 0.0806. The van der Waals surface area contributed by atoms with Crippen molar-refractivity contribution in [1.29, 1.82) is 0 Å². The average Bonchev–Trinajstić information content (AvgIpc) is 2.69. The van der Waals surface area contributed by atoms with E-state index in [9.17, 15) is 19.7 Å². The average molecular weight is 387 g/mol. The molecule has 0 spiro atoms. The third-order valence-corrected chi connectivity index (χ3v) is 3.68. The van der Waals surface area contributed by atoms with Crippen LogP contribution in [-0.2, 0) is 9.59 Å². The lowest BCUT2D eigenvalue weighted by atomic mass is 10.0. The second kappa shape index (κ2) is 9.91. The van der Waals surface area contributed by atoms with Crippen LogP contribution in [0.2, 0.25) is 0 Å². The highest BCUT2D eigenvalue weighted by molar-refractivity contribution is 5.83. The van der Waals surface area contributed by atoms with Crippen LogP contribution in [0.1, 0.15) is 25.3 Å². The Bertz CT molecular complexity index is 819. The number of non-ortho nitro benzene ring substituents is 1. The molecule has 2 N–H and O–H groups in total. The third kappa shape index (κ3) is 6.60. The molecule has 0 unspecified atom stereocenters. The summed E-state index contributed by atoms with van der Waals surface area (Å²) >= 11 is 0. The molecule has 9 nitrogen and oxygen atoms in total. The van der Waals surface area contributed by atoms with Gasteiger partial charge in [0, 0.05) is 12.1 Å². The van der Waals surface area contributed by atoms with Crippen LogP contribution in [0.5, 0.6) is 11.5 Å². The van der Waals surface area contributed by atoms with Gasteiger partial charge in [0.1, 0.15) is 11.5 Å². The number of nitro groups is 1. The molecule has 0 aliphatic rings. The van der Waals surface area contributed by atoms with Crippen molar-refractivity contribution >= 4 is 17.5 Å². The first-order valence-corrected chi connectivity index (χ1v) is 8.53. The van der Waals surface area contributed by atoms with Gasteiger partial charge in [-0.2, -0.15) is 0 Å². The first kappa shape index (κ1) is 20.7. The summed E-state index contributed by atoms with van der Waals surface area (Å²) in [6, 6.07) is 12.7. The number of nitro benzene ring substituents is 1. The monoisotopic (exact) mass is 387 g/mol. The van der Waals surface area contributed by atoms with Crippen molar-refractivity contribution in [3.8, 4) is 11.5 Å². The van der Waals surface area contributed by atoms with Crippen LogP contribution in [0.25, 0.3) is 0 Å². The van der Waals surface area contributed by atoms with Crippen LogP contribution in [0.3, 0.4) is 0 Å². The Morgan fingerprint density at radius 2 is 1.32 bits per heavy atom. The van der Waals surface area contributed by atoms with Crippen molar-refractivity contribution in [1.82, 2.24) is 10.9 Å². The van der Waals surface area contributed by atoms with E-state index >= 15 is 0 Å². The van der Waals surface area contributed by atoms with Crippen molar-refractivity contribution in [2.24, 2.45) is 0 Å². The molecule has 0 heterocycles. The molecule has 0 saturated carbocycles. The van der Waals surface area contributed by atoms with Crippen LogP contribution in [0.4, 0.5) is 5.69 Å². The zero-order valence-corrected chi connectivity index (χ0v) is 15.5. The Kier molecular flexibility index (Phi) is 7.32. The van der Waals surface area contributed by atoms with Gasteiger partial charge >= 0.3 is 0 Å². The standard InChI is InChI=1S/C19H21N3O6/c1-13(2)14-3-7-16(8-4-14)27-11-18(23)20-21-19(24)12-28-17-9-5-15(6-10-17)22(25)26/h3-10,13H,11-12H2,1-2H3,(H,20,23)(H,21,24). The Hall–Kier alpha value is -3.62. The van der Waals surface area contributed by atoms with Gasteiger partial charge in [0.25, 0.3) is 17.5 Å². The van der Waals surface area contributed by atoms with Crippen LogP contribution in [-0.4, -0.2) is 30.0 Å². The molecule has 0 aromatic heterocycles. The molecular weight excluding hydrogens is 366 g/mol. The maximum atomic E-state index is 11.7. The van der Waals surface area contributed by atoms with Crippen molar-refractivity contribution < 1.29 is 24.0 Å². The molecule has 148 valence electrons. The Balaban J connectivity index is 1.67. The van der Waals surface area contributed by atoms with Crippen LogP contribution in [0, 0.1) is 10.1 Å². The first-order chi connectivity index (χ1) is 13.3. The summed E-state index contributed by atoms with van der Waals surface area (Å²) in [4.78, 5) is 33.4. The van der Waals surface area contributed by atoms with E-state index in [0.717, 1.165) is 5.56 Å². The zero-order valence-electron chi connectivity index (χ0n) is 15.5. The van der Waals surface area contributed by atoms with Crippen molar-refractivity contribution in [3.63, 3.8) is 0 Å². The van der Waals surface area contributed by atoms with E-state index in [-0.39, 0.29) is 18.9 Å². The number of rotatable bonds is 8. The molecule has 0 radical (unpaired) electrons. The molecule has 0 saturated heterocycles. The lowest BCUT2D eigenvalue weighted by Gasteiger charge is -2.10. The number of ether oxygens (including phenoxy) is 2. The maximum Gasteiger partial charge on any atom is 0.276 e. The number of hydrogen-bond acceptors (Lipinski definition) is 6.